The van der Waals surface area contributed by atoms with Gasteiger partial charge >= 0.3 is 0 Å². The van der Waals surface area contributed by atoms with E-state index in [1.165, 1.54) is 6.07 Å². The van der Waals surface area contributed by atoms with Crippen LogP contribution in [-0.2, 0) is 0 Å². The molecular weight excluding hydrogens is 338 g/mol. The van der Waals surface area contributed by atoms with E-state index in [-0.39, 0.29) is 11.4 Å². The van der Waals surface area contributed by atoms with Crippen LogP contribution in [0.5, 0.6) is 0 Å². The van der Waals surface area contributed by atoms with Crippen molar-refractivity contribution in [3.8, 4) is 0 Å². The molecule has 2 rings (SSSR count). The summed E-state index contributed by atoms with van der Waals surface area (Å²) < 4.78 is 27.6. The largest absolute Gasteiger partial charge is 0.397 e. The molecule has 0 fully saturated rings. The fraction of sp³-hybridized carbons (Fsp3) is 0.0769. The summed E-state index contributed by atoms with van der Waals surface area (Å²) in [5.74, 6) is -1.99. The van der Waals surface area contributed by atoms with Crippen LogP contribution < -0.4 is 11.1 Å². The maximum Gasteiger partial charge on any atom is 0.184 e. The highest BCUT2D eigenvalue weighted by molar-refractivity contribution is 9.10. The van der Waals surface area contributed by atoms with Crippen molar-refractivity contribution in [2.24, 2.45) is 0 Å². The number of hydrogen-bond donors (Lipinski definition) is 2. The second kappa shape index (κ2) is 5.35. The summed E-state index contributed by atoms with van der Waals surface area (Å²) in [5, 5.41) is 3.26. The van der Waals surface area contributed by atoms with Gasteiger partial charge in [-0.2, -0.15) is 0 Å². The molecule has 6 heteroatoms. The van der Waals surface area contributed by atoms with Gasteiger partial charge in [-0.05, 0) is 52.7 Å². The van der Waals surface area contributed by atoms with Crippen molar-refractivity contribution in [1.29, 1.82) is 0 Å². The van der Waals surface area contributed by atoms with E-state index in [9.17, 15) is 8.78 Å². The molecule has 0 aliphatic heterocycles. The highest BCUT2D eigenvalue weighted by atomic mass is 79.9. The highest BCUT2D eigenvalue weighted by Gasteiger charge is 2.14. The van der Waals surface area contributed by atoms with Crippen molar-refractivity contribution in [2.45, 2.75) is 6.92 Å². The van der Waals surface area contributed by atoms with Gasteiger partial charge in [0.1, 0.15) is 5.69 Å². The van der Waals surface area contributed by atoms with Gasteiger partial charge in [-0.15, -0.1) is 0 Å². The van der Waals surface area contributed by atoms with Gasteiger partial charge in [0, 0.05) is 9.50 Å². The molecule has 0 heterocycles. The third-order valence-electron chi connectivity index (χ3n) is 2.64. The van der Waals surface area contributed by atoms with Gasteiger partial charge in [-0.25, -0.2) is 8.78 Å². The lowest BCUT2D eigenvalue weighted by Gasteiger charge is -2.13. The maximum atomic E-state index is 13.7. The minimum absolute atomic E-state index is 0.111. The Morgan fingerprint density at radius 1 is 1.26 bits per heavy atom. The topological polar surface area (TPSA) is 38.0 Å². The van der Waals surface area contributed by atoms with Crippen LogP contribution in [-0.4, -0.2) is 0 Å². The molecule has 2 nitrogen and oxygen atoms in total. The Labute approximate surface area is 122 Å². The van der Waals surface area contributed by atoms with Crippen LogP contribution in [0.4, 0.5) is 25.8 Å². The van der Waals surface area contributed by atoms with Crippen molar-refractivity contribution in [3.05, 3.63) is 51.0 Å². The summed E-state index contributed by atoms with van der Waals surface area (Å²) in [5.41, 5.74) is 7.02. The number of benzene rings is 2. The molecule has 0 radical (unpaired) electrons. The van der Waals surface area contributed by atoms with E-state index in [2.05, 4.69) is 21.2 Å². The summed E-state index contributed by atoms with van der Waals surface area (Å²) in [6.07, 6.45) is 0. The monoisotopic (exact) mass is 346 g/mol. The minimum Gasteiger partial charge on any atom is -0.397 e. The average molecular weight is 348 g/mol. The lowest BCUT2D eigenvalue weighted by Crippen LogP contribution is -2.02. The third kappa shape index (κ3) is 2.82. The fourth-order valence-corrected chi connectivity index (χ4v) is 2.29. The van der Waals surface area contributed by atoms with Crippen LogP contribution in [0.25, 0.3) is 0 Å². The lowest BCUT2D eigenvalue weighted by molar-refractivity contribution is 0.512. The average Bonchev–Trinajstić information content (AvgIpc) is 2.36. The van der Waals surface area contributed by atoms with Crippen molar-refractivity contribution < 1.29 is 8.78 Å². The van der Waals surface area contributed by atoms with E-state index in [1.807, 2.05) is 6.92 Å². The molecular formula is C13H10BrClF2N2. The molecule has 0 saturated carbocycles. The first-order valence-electron chi connectivity index (χ1n) is 5.36. The van der Waals surface area contributed by atoms with Crippen molar-refractivity contribution in [1.82, 2.24) is 0 Å². The van der Waals surface area contributed by atoms with Crippen molar-refractivity contribution >= 4 is 44.6 Å². The van der Waals surface area contributed by atoms with E-state index < -0.39 is 11.6 Å². The van der Waals surface area contributed by atoms with E-state index in [1.54, 1.807) is 12.1 Å². The standard InChI is InChI=1S/C13H10BrClF2N2/c1-6-4-7(14)11(5-8(6)15)19-13-10(18)3-2-9(16)12(13)17/h2-5,19H,18H2,1H3. The molecule has 0 aliphatic carbocycles. The number of anilines is 3. The quantitative estimate of drug-likeness (QED) is 0.749. The van der Waals surface area contributed by atoms with Crippen LogP contribution >= 0.6 is 27.5 Å². The van der Waals surface area contributed by atoms with E-state index >= 15 is 0 Å². The molecule has 0 saturated heterocycles. The van der Waals surface area contributed by atoms with Gasteiger partial charge in [0.2, 0.25) is 0 Å². The summed E-state index contributed by atoms with van der Waals surface area (Å²) in [6.45, 7) is 1.84. The summed E-state index contributed by atoms with van der Waals surface area (Å²) >= 11 is 9.33. The number of nitrogens with two attached hydrogens (primary N) is 1. The zero-order valence-corrected chi connectivity index (χ0v) is 12.2. The first-order valence-corrected chi connectivity index (χ1v) is 6.53. The number of aryl methyl sites for hydroxylation is 1. The Hall–Kier alpha value is -1.33. The Bertz CT molecular complexity index is 647. The Balaban J connectivity index is 2.48. The molecule has 0 amide bonds. The molecule has 2 aromatic rings. The SMILES string of the molecule is Cc1cc(Br)c(Nc2c(N)ccc(F)c2F)cc1Cl. The van der Waals surface area contributed by atoms with E-state index in [0.29, 0.717) is 15.2 Å². The Morgan fingerprint density at radius 3 is 2.63 bits per heavy atom. The Morgan fingerprint density at radius 2 is 1.95 bits per heavy atom. The van der Waals surface area contributed by atoms with E-state index in [0.717, 1.165) is 11.6 Å². The smallest absolute Gasteiger partial charge is 0.184 e. The van der Waals surface area contributed by atoms with Crippen molar-refractivity contribution in [2.75, 3.05) is 11.1 Å². The van der Waals surface area contributed by atoms with Crippen LogP contribution in [0, 0.1) is 18.6 Å². The van der Waals surface area contributed by atoms with Gasteiger partial charge in [0.15, 0.2) is 11.6 Å². The minimum atomic E-state index is -1.02. The molecule has 0 unspecified atom stereocenters. The van der Waals surface area contributed by atoms with Crippen LogP contribution in [0.1, 0.15) is 5.56 Å². The van der Waals surface area contributed by atoms with Crippen LogP contribution in [0.2, 0.25) is 5.02 Å². The van der Waals surface area contributed by atoms with Gasteiger partial charge in [-0.3, -0.25) is 0 Å². The molecule has 0 spiro atoms. The first-order chi connectivity index (χ1) is 8.90. The van der Waals surface area contributed by atoms with Gasteiger partial charge < -0.3 is 11.1 Å². The zero-order chi connectivity index (χ0) is 14.2. The maximum absolute atomic E-state index is 13.7. The molecule has 0 aliphatic rings. The zero-order valence-electron chi connectivity index (χ0n) is 9.90. The molecule has 19 heavy (non-hydrogen) atoms. The summed E-state index contributed by atoms with van der Waals surface area (Å²) in [6, 6.07) is 5.67. The number of rotatable bonds is 2. The van der Waals surface area contributed by atoms with Gasteiger partial charge in [-0.1, -0.05) is 11.6 Å². The lowest BCUT2D eigenvalue weighted by atomic mass is 10.2. The predicted molar refractivity (Wildman–Crippen MR) is 77.9 cm³/mol. The second-order valence-corrected chi connectivity index (χ2v) is 5.29. The molecule has 3 N–H and O–H groups in total. The molecule has 0 bridgehead atoms. The van der Waals surface area contributed by atoms with Gasteiger partial charge in [0.05, 0.1) is 11.4 Å². The molecule has 0 aromatic heterocycles. The number of hydrogen-bond acceptors (Lipinski definition) is 2. The fourth-order valence-electron chi connectivity index (χ4n) is 1.57. The summed E-state index contributed by atoms with van der Waals surface area (Å²) in [4.78, 5) is 0. The number of nitrogen functional groups attached to an aromatic ring is 1. The second-order valence-electron chi connectivity index (χ2n) is 4.03. The normalized spacial score (nSPS) is 10.6. The van der Waals surface area contributed by atoms with Crippen LogP contribution in [0.15, 0.2) is 28.7 Å². The number of halogens is 4. The third-order valence-corrected chi connectivity index (χ3v) is 3.70. The van der Waals surface area contributed by atoms with Gasteiger partial charge in [0.25, 0.3) is 0 Å². The van der Waals surface area contributed by atoms with E-state index in [4.69, 9.17) is 17.3 Å². The predicted octanol–water partition coefficient (Wildman–Crippen LogP) is 5.01. The highest BCUT2D eigenvalue weighted by Crippen LogP contribution is 2.34. The molecule has 2 aromatic carbocycles. The molecule has 0 atom stereocenters. The van der Waals surface area contributed by atoms with Crippen LogP contribution in [0.3, 0.4) is 0 Å². The molecule has 100 valence electrons. The summed E-state index contributed by atoms with van der Waals surface area (Å²) in [7, 11) is 0. The first kappa shape index (κ1) is 14.1. The number of nitrogens with one attached hydrogen (secondary N) is 1. The Kier molecular flexibility index (Phi) is 3.96. The van der Waals surface area contributed by atoms with Crippen molar-refractivity contribution in [3.63, 3.8) is 0 Å².